The Balaban J connectivity index is 1.31. The molecule has 7 nitrogen and oxygen atoms in total. The summed E-state index contributed by atoms with van der Waals surface area (Å²) in [7, 11) is -3.51. The molecular weight excluding hydrogens is 456 g/mol. The van der Waals surface area contributed by atoms with E-state index in [0.717, 1.165) is 53.7 Å². The van der Waals surface area contributed by atoms with E-state index in [9.17, 15) is 13.2 Å². The van der Waals surface area contributed by atoms with Crippen LogP contribution in [0.5, 0.6) is 0 Å². The van der Waals surface area contributed by atoms with Crippen LogP contribution in [0.3, 0.4) is 0 Å². The lowest BCUT2D eigenvalue weighted by Crippen LogP contribution is -2.35. The monoisotopic (exact) mass is 482 g/mol. The van der Waals surface area contributed by atoms with Gasteiger partial charge in [-0.15, -0.1) is 0 Å². The fourth-order valence-electron chi connectivity index (χ4n) is 4.34. The van der Waals surface area contributed by atoms with Gasteiger partial charge in [-0.3, -0.25) is 4.79 Å². The Kier molecular flexibility index (Phi) is 6.27. The zero-order valence-corrected chi connectivity index (χ0v) is 19.9. The van der Waals surface area contributed by atoms with Crippen LogP contribution in [0.15, 0.2) is 64.6 Å². The summed E-state index contributed by atoms with van der Waals surface area (Å²) in [6.45, 7) is 2.34. The number of hydrogen-bond donors (Lipinski definition) is 1. The summed E-state index contributed by atoms with van der Waals surface area (Å²) >= 11 is 1.72. The second-order valence-electron chi connectivity index (χ2n) is 8.23. The first-order valence-corrected chi connectivity index (χ1v) is 13.6. The molecule has 33 heavy (non-hydrogen) atoms. The Bertz CT molecular complexity index is 1250. The van der Waals surface area contributed by atoms with Crippen molar-refractivity contribution in [3.8, 4) is 11.3 Å². The number of carbonyl (C=O) groups is 1. The Morgan fingerprint density at radius 1 is 0.970 bits per heavy atom. The van der Waals surface area contributed by atoms with Crippen molar-refractivity contribution in [3.63, 3.8) is 0 Å². The van der Waals surface area contributed by atoms with Gasteiger partial charge in [-0.05, 0) is 37.1 Å². The quantitative estimate of drug-likeness (QED) is 0.578. The van der Waals surface area contributed by atoms with E-state index in [2.05, 4.69) is 9.88 Å². The molecule has 2 aliphatic rings. The van der Waals surface area contributed by atoms with Crippen molar-refractivity contribution in [2.75, 3.05) is 18.8 Å². The predicted molar refractivity (Wildman–Crippen MR) is 129 cm³/mol. The van der Waals surface area contributed by atoms with E-state index in [-0.39, 0.29) is 10.8 Å². The standard InChI is InChI=1S/C24H26N4O3S2/c29-23(19-9-11-20(12-10-19)33(30,31)27-13-5-2-6-14-27)25-17-21-22(18-7-3-1-4-8-18)26-24-28(21)15-16-32-24/h1,3-4,7-12H,2,5-6,13-17H2,(H,25,29). The molecule has 5 rings (SSSR count). The van der Waals surface area contributed by atoms with Crippen molar-refractivity contribution < 1.29 is 13.2 Å². The summed E-state index contributed by atoms with van der Waals surface area (Å²) in [6.07, 6.45) is 2.85. The van der Waals surface area contributed by atoms with E-state index in [0.29, 0.717) is 25.2 Å². The van der Waals surface area contributed by atoms with E-state index >= 15 is 0 Å². The number of fused-ring (bicyclic) bond motifs is 1. The van der Waals surface area contributed by atoms with Crippen LogP contribution in [0.25, 0.3) is 11.3 Å². The van der Waals surface area contributed by atoms with Crippen LogP contribution in [0.2, 0.25) is 0 Å². The number of nitrogens with zero attached hydrogens (tertiary/aromatic N) is 3. The molecule has 0 unspecified atom stereocenters. The van der Waals surface area contributed by atoms with E-state index in [4.69, 9.17) is 4.98 Å². The van der Waals surface area contributed by atoms with E-state index in [1.54, 1.807) is 23.9 Å². The van der Waals surface area contributed by atoms with Crippen LogP contribution in [-0.4, -0.2) is 47.0 Å². The predicted octanol–water partition coefficient (Wildman–Crippen LogP) is 3.76. The van der Waals surface area contributed by atoms with Crippen molar-refractivity contribution in [2.24, 2.45) is 0 Å². The molecule has 2 aliphatic heterocycles. The number of piperidine rings is 1. The third kappa shape index (κ3) is 4.45. The molecule has 1 amide bonds. The van der Waals surface area contributed by atoms with Gasteiger partial charge in [-0.1, -0.05) is 48.5 Å². The van der Waals surface area contributed by atoms with Crippen LogP contribution in [0.1, 0.15) is 35.3 Å². The van der Waals surface area contributed by atoms with E-state index in [1.807, 2.05) is 30.3 Å². The van der Waals surface area contributed by atoms with Crippen molar-refractivity contribution in [1.29, 1.82) is 0 Å². The zero-order valence-electron chi connectivity index (χ0n) is 18.2. The number of imidazole rings is 1. The van der Waals surface area contributed by atoms with E-state index in [1.165, 1.54) is 16.4 Å². The summed E-state index contributed by atoms with van der Waals surface area (Å²) in [5.74, 6) is 0.739. The number of hydrogen-bond acceptors (Lipinski definition) is 5. The Hall–Kier alpha value is -2.62. The molecule has 0 bridgehead atoms. The highest BCUT2D eigenvalue weighted by Gasteiger charge is 2.26. The first-order chi connectivity index (χ1) is 16.0. The number of aromatic nitrogens is 2. The van der Waals surface area contributed by atoms with Crippen LogP contribution >= 0.6 is 11.8 Å². The van der Waals surface area contributed by atoms with Crippen molar-refractivity contribution in [1.82, 2.24) is 19.2 Å². The van der Waals surface area contributed by atoms with Crippen LogP contribution in [-0.2, 0) is 23.1 Å². The lowest BCUT2D eigenvalue weighted by Gasteiger charge is -2.25. The second kappa shape index (κ2) is 9.32. The first kappa shape index (κ1) is 22.2. The Labute approximate surface area is 198 Å². The maximum atomic E-state index is 12.8. The van der Waals surface area contributed by atoms with E-state index < -0.39 is 10.0 Å². The maximum Gasteiger partial charge on any atom is 0.251 e. The lowest BCUT2D eigenvalue weighted by molar-refractivity contribution is 0.0950. The molecule has 2 aromatic carbocycles. The number of rotatable bonds is 6. The van der Waals surface area contributed by atoms with Gasteiger partial charge in [0.25, 0.3) is 5.91 Å². The summed E-state index contributed by atoms with van der Waals surface area (Å²) in [4.78, 5) is 17.9. The van der Waals surface area contributed by atoms with Gasteiger partial charge in [0.05, 0.1) is 22.8 Å². The summed E-state index contributed by atoms with van der Waals surface area (Å²) < 4.78 is 29.4. The Morgan fingerprint density at radius 3 is 2.42 bits per heavy atom. The molecule has 1 fully saturated rings. The summed E-state index contributed by atoms with van der Waals surface area (Å²) in [6, 6.07) is 16.2. The highest BCUT2D eigenvalue weighted by molar-refractivity contribution is 7.99. The minimum Gasteiger partial charge on any atom is -0.346 e. The molecule has 9 heteroatoms. The molecule has 1 saturated heterocycles. The minimum absolute atomic E-state index is 0.234. The highest BCUT2D eigenvalue weighted by atomic mass is 32.2. The van der Waals surface area contributed by atoms with Gasteiger partial charge < -0.3 is 9.88 Å². The number of sulfonamides is 1. The average Bonchev–Trinajstić information content (AvgIpc) is 3.45. The fraction of sp³-hybridized carbons (Fsp3) is 0.333. The van der Waals surface area contributed by atoms with Crippen LogP contribution < -0.4 is 5.32 Å². The molecule has 1 N–H and O–H groups in total. The molecule has 0 radical (unpaired) electrons. The normalized spacial score (nSPS) is 16.5. The van der Waals surface area contributed by atoms with Crippen LogP contribution in [0.4, 0.5) is 0 Å². The van der Waals surface area contributed by atoms with Gasteiger partial charge in [0.2, 0.25) is 10.0 Å². The number of benzene rings is 2. The Morgan fingerprint density at radius 2 is 1.70 bits per heavy atom. The molecular formula is C24H26N4O3S2. The van der Waals surface area contributed by atoms with Crippen molar-refractivity contribution >= 4 is 27.7 Å². The largest absolute Gasteiger partial charge is 0.346 e. The average molecular weight is 483 g/mol. The van der Waals surface area contributed by atoms with Gasteiger partial charge in [-0.25, -0.2) is 13.4 Å². The molecule has 0 spiro atoms. The minimum atomic E-state index is -3.51. The van der Waals surface area contributed by atoms with Gasteiger partial charge in [-0.2, -0.15) is 4.31 Å². The molecule has 3 aromatic rings. The first-order valence-electron chi connectivity index (χ1n) is 11.2. The molecule has 3 heterocycles. The third-order valence-corrected chi connectivity index (χ3v) is 8.99. The molecule has 0 aliphatic carbocycles. The number of nitrogens with one attached hydrogen (secondary N) is 1. The fourth-order valence-corrected chi connectivity index (χ4v) is 6.82. The van der Waals surface area contributed by atoms with Gasteiger partial charge in [0, 0.05) is 36.5 Å². The second-order valence-corrected chi connectivity index (χ2v) is 11.2. The van der Waals surface area contributed by atoms with Crippen LogP contribution in [0, 0.1) is 0 Å². The molecule has 0 atom stereocenters. The van der Waals surface area contributed by atoms with Gasteiger partial charge in [0.1, 0.15) is 0 Å². The zero-order chi connectivity index (χ0) is 22.8. The highest BCUT2D eigenvalue weighted by Crippen LogP contribution is 2.33. The topological polar surface area (TPSA) is 84.3 Å². The number of carbonyl (C=O) groups excluding carboxylic acids is 1. The SMILES string of the molecule is O=C(NCc1c(-c2ccccc2)nc2n1CCS2)c1ccc(S(=O)(=O)N2CCCCC2)cc1. The smallest absolute Gasteiger partial charge is 0.251 e. The molecule has 0 saturated carbocycles. The van der Waals surface area contributed by atoms with Gasteiger partial charge in [0.15, 0.2) is 5.16 Å². The number of thioether (sulfide) groups is 1. The summed E-state index contributed by atoms with van der Waals surface area (Å²) in [5, 5.41) is 3.97. The van der Waals surface area contributed by atoms with Crippen molar-refractivity contribution in [2.45, 2.75) is 42.4 Å². The molecule has 172 valence electrons. The van der Waals surface area contributed by atoms with Gasteiger partial charge >= 0.3 is 0 Å². The van der Waals surface area contributed by atoms with Crippen molar-refractivity contribution in [3.05, 3.63) is 65.9 Å². The third-order valence-electron chi connectivity index (χ3n) is 6.12. The maximum absolute atomic E-state index is 12.8. The number of amides is 1. The molecule has 1 aromatic heterocycles. The summed E-state index contributed by atoms with van der Waals surface area (Å²) in [5.41, 5.74) is 3.33. The lowest BCUT2D eigenvalue weighted by atomic mass is 10.1.